The smallest absolute Gasteiger partial charge is 0.419 e. The van der Waals surface area contributed by atoms with Gasteiger partial charge in [0, 0.05) is 22.3 Å². The number of likely N-dealkylation sites (tertiary alicyclic amines) is 1. The van der Waals surface area contributed by atoms with Crippen molar-refractivity contribution in [1.82, 2.24) is 4.90 Å². The number of alkyl halides is 6. The Labute approximate surface area is 273 Å². The first-order chi connectivity index (χ1) is 22.7. The van der Waals surface area contributed by atoms with Crippen LogP contribution in [-0.2, 0) is 17.1 Å². The van der Waals surface area contributed by atoms with Gasteiger partial charge in [-0.2, -0.15) is 26.3 Å². The van der Waals surface area contributed by atoms with E-state index in [1.807, 2.05) is 6.07 Å². The van der Waals surface area contributed by atoms with E-state index < -0.39 is 46.8 Å². The topological polar surface area (TPSA) is 79.9 Å². The molecule has 0 bridgehead atoms. The highest BCUT2D eigenvalue weighted by Gasteiger charge is 2.35. The number of hydrogen-bond donors (Lipinski definition) is 2. The summed E-state index contributed by atoms with van der Waals surface area (Å²) in [5, 5.41) is 5.00. The van der Waals surface area contributed by atoms with Gasteiger partial charge in [0.1, 0.15) is 16.4 Å². The molecule has 2 fully saturated rings. The van der Waals surface area contributed by atoms with Crippen LogP contribution in [0.5, 0.6) is 5.75 Å². The molecule has 2 aliphatic rings. The standard InChI is InChI=1S/C33H28F7N3O4S/c1-46-26-9-4-17(18-3-2-10-43(14-18)21-15-47-16-21)11-23(26)30(44)42-28-22-7-5-19(32(35,36)37)12-27(22)48-29(28)31(45)41-20-6-8-25(34)24(13-20)33(38,39)40/h4-9,11-13,18,21H,2-3,10,14-16H2,1H3,(H,41,45)(H,42,44). The van der Waals surface area contributed by atoms with Gasteiger partial charge in [-0.05, 0) is 73.3 Å². The Hall–Kier alpha value is -4.21. The van der Waals surface area contributed by atoms with Gasteiger partial charge in [0.25, 0.3) is 11.8 Å². The highest BCUT2D eigenvalue weighted by molar-refractivity contribution is 7.21. The van der Waals surface area contributed by atoms with E-state index in [9.17, 15) is 40.3 Å². The van der Waals surface area contributed by atoms with Crippen LogP contribution in [0.15, 0.2) is 54.6 Å². The lowest BCUT2D eigenvalue weighted by Gasteiger charge is -2.42. The molecule has 1 aromatic heterocycles. The number of amides is 2. The molecular weight excluding hydrogens is 667 g/mol. The van der Waals surface area contributed by atoms with Gasteiger partial charge in [0.2, 0.25) is 0 Å². The minimum absolute atomic E-state index is 0.0108. The Bertz CT molecular complexity index is 1870. The van der Waals surface area contributed by atoms with Gasteiger partial charge >= 0.3 is 12.4 Å². The van der Waals surface area contributed by atoms with E-state index in [0.29, 0.717) is 42.7 Å². The molecular formula is C33H28F7N3O4S. The van der Waals surface area contributed by atoms with Crippen molar-refractivity contribution in [3.63, 3.8) is 0 Å². The molecule has 2 aliphatic heterocycles. The molecule has 3 aromatic carbocycles. The summed E-state index contributed by atoms with van der Waals surface area (Å²) in [6.45, 7) is 3.04. The van der Waals surface area contributed by atoms with Crippen molar-refractivity contribution in [3.05, 3.63) is 87.5 Å². The van der Waals surface area contributed by atoms with Crippen molar-refractivity contribution in [3.8, 4) is 5.75 Å². The van der Waals surface area contributed by atoms with Crippen molar-refractivity contribution in [2.75, 3.05) is 44.0 Å². The second-order valence-electron chi connectivity index (χ2n) is 11.6. The number of carbonyl (C=O) groups is 2. The van der Waals surface area contributed by atoms with Gasteiger partial charge in [-0.3, -0.25) is 14.5 Å². The van der Waals surface area contributed by atoms with Crippen LogP contribution in [0, 0.1) is 5.82 Å². The molecule has 48 heavy (non-hydrogen) atoms. The minimum atomic E-state index is -5.05. The van der Waals surface area contributed by atoms with E-state index in [4.69, 9.17) is 9.47 Å². The number of methoxy groups -OCH3 is 1. The maximum atomic E-state index is 13.9. The second-order valence-corrected chi connectivity index (χ2v) is 12.7. The van der Waals surface area contributed by atoms with Crippen LogP contribution in [0.3, 0.4) is 0 Å². The highest BCUT2D eigenvalue weighted by atomic mass is 32.1. The molecule has 254 valence electrons. The summed E-state index contributed by atoms with van der Waals surface area (Å²) in [7, 11) is 1.38. The zero-order valence-corrected chi connectivity index (χ0v) is 26.0. The molecule has 0 saturated carbocycles. The average molecular weight is 696 g/mol. The Morgan fingerprint density at radius 3 is 2.38 bits per heavy atom. The first-order valence-electron chi connectivity index (χ1n) is 14.9. The van der Waals surface area contributed by atoms with Crippen molar-refractivity contribution in [1.29, 1.82) is 0 Å². The number of hydrogen-bond acceptors (Lipinski definition) is 6. The first-order valence-corrected chi connectivity index (χ1v) is 15.7. The predicted octanol–water partition coefficient (Wildman–Crippen LogP) is 8.17. The lowest BCUT2D eigenvalue weighted by atomic mass is 9.88. The number of anilines is 2. The third-order valence-electron chi connectivity index (χ3n) is 8.52. The predicted molar refractivity (Wildman–Crippen MR) is 165 cm³/mol. The van der Waals surface area contributed by atoms with E-state index in [1.54, 1.807) is 12.1 Å². The summed E-state index contributed by atoms with van der Waals surface area (Å²) in [5.74, 6) is -2.97. The fourth-order valence-corrected chi connectivity index (χ4v) is 7.04. The summed E-state index contributed by atoms with van der Waals surface area (Å²) < 4.78 is 105. The Kier molecular flexibility index (Phi) is 9.13. The number of nitrogens with one attached hydrogen (secondary N) is 2. The molecule has 2 amide bonds. The number of fused-ring (bicyclic) bond motifs is 1. The summed E-state index contributed by atoms with van der Waals surface area (Å²) >= 11 is 0.608. The molecule has 15 heteroatoms. The minimum Gasteiger partial charge on any atom is -0.496 e. The van der Waals surface area contributed by atoms with Gasteiger partial charge in [-0.25, -0.2) is 4.39 Å². The molecule has 0 radical (unpaired) electrons. The zero-order valence-electron chi connectivity index (χ0n) is 25.2. The van der Waals surface area contributed by atoms with E-state index in [1.165, 1.54) is 7.11 Å². The van der Waals surface area contributed by atoms with Crippen LogP contribution in [0.4, 0.5) is 42.1 Å². The van der Waals surface area contributed by atoms with E-state index >= 15 is 0 Å². The van der Waals surface area contributed by atoms with Gasteiger partial charge < -0.3 is 20.1 Å². The maximum absolute atomic E-state index is 13.9. The summed E-state index contributed by atoms with van der Waals surface area (Å²) in [4.78, 5) is 29.4. The van der Waals surface area contributed by atoms with Crippen LogP contribution in [0.2, 0.25) is 0 Å². The fourth-order valence-electron chi connectivity index (χ4n) is 5.95. The van der Waals surface area contributed by atoms with Crippen molar-refractivity contribution < 1.29 is 49.8 Å². The van der Waals surface area contributed by atoms with Crippen molar-refractivity contribution in [2.45, 2.75) is 37.2 Å². The molecule has 0 aliphatic carbocycles. The lowest BCUT2D eigenvalue weighted by molar-refractivity contribution is -0.140. The number of ether oxygens (including phenoxy) is 2. The molecule has 3 heterocycles. The van der Waals surface area contributed by atoms with E-state index in [-0.39, 0.29) is 37.9 Å². The molecule has 2 saturated heterocycles. The Morgan fingerprint density at radius 2 is 1.71 bits per heavy atom. The molecule has 7 nitrogen and oxygen atoms in total. The number of halogens is 7. The van der Waals surface area contributed by atoms with Crippen LogP contribution in [0.1, 0.15) is 55.5 Å². The van der Waals surface area contributed by atoms with E-state index in [0.717, 1.165) is 55.8 Å². The number of thiophene rings is 1. The lowest BCUT2D eigenvalue weighted by Crippen LogP contribution is -2.52. The SMILES string of the molecule is COc1ccc(C2CCCN(C3COC3)C2)cc1C(=O)Nc1c(C(=O)Nc2ccc(F)c(C(F)(F)F)c2)sc2cc(C(F)(F)F)ccc12. The van der Waals surface area contributed by atoms with Gasteiger partial charge in [-0.1, -0.05) is 12.1 Å². The quantitative estimate of drug-likeness (QED) is 0.191. The normalized spacial score (nSPS) is 17.6. The zero-order chi connectivity index (χ0) is 34.4. The average Bonchev–Trinajstić information content (AvgIpc) is 3.37. The number of benzene rings is 3. The van der Waals surface area contributed by atoms with Crippen LogP contribution in [-0.4, -0.2) is 56.2 Å². The second kappa shape index (κ2) is 13.0. The summed E-state index contributed by atoms with van der Waals surface area (Å²) in [5.41, 5.74) is -2.18. The number of nitrogens with zero attached hydrogens (tertiary/aromatic N) is 1. The van der Waals surface area contributed by atoms with Gasteiger partial charge in [0.05, 0.1) is 48.7 Å². The highest BCUT2D eigenvalue weighted by Crippen LogP contribution is 2.41. The molecule has 1 atom stereocenters. The summed E-state index contributed by atoms with van der Waals surface area (Å²) in [6, 6.07) is 10.1. The van der Waals surface area contributed by atoms with Gasteiger partial charge in [0.15, 0.2) is 0 Å². The molecule has 2 N–H and O–H groups in total. The molecule has 6 rings (SSSR count). The summed E-state index contributed by atoms with van der Waals surface area (Å²) in [6.07, 6.45) is -7.92. The van der Waals surface area contributed by atoms with Crippen molar-refractivity contribution >= 4 is 44.6 Å². The fraction of sp³-hybridized carbons (Fsp3) is 0.333. The van der Waals surface area contributed by atoms with Crippen LogP contribution >= 0.6 is 11.3 Å². The molecule has 0 spiro atoms. The third kappa shape index (κ3) is 6.84. The van der Waals surface area contributed by atoms with Crippen molar-refractivity contribution in [2.24, 2.45) is 0 Å². The number of piperidine rings is 1. The van der Waals surface area contributed by atoms with Crippen LogP contribution < -0.4 is 15.4 Å². The number of rotatable bonds is 7. The first kappa shape index (κ1) is 33.7. The Morgan fingerprint density at radius 1 is 0.938 bits per heavy atom. The third-order valence-corrected chi connectivity index (χ3v) is 9.67. The number of carbonyl (C=O) groups excluding carboxylic acids is 2. The van der Waals surface area contributed by atoms with Crippen LogP contribution in [0.25, 0.3) is 10.1 Å². The largest absolute Gasteiger partial charge is 0.496 e. The molecule has 1 unspecified atom stereocenters. The van der Waals surface area contributed by atoms with E-state index in [2.05, 4.69) is 15.5 Å². The maximum Gasteiger partial charge on any atom is 0.419 e. The monoisotopic (exact) mass is 695 g/mol. The molecule has 4 aromatic rings. The van der Waals surface area contributed by atoms with Gasteiger partial charge in [-0.15, -0.1) is 11.3 Å². The Balaban J connectivity index is 1.34.